The number of carbonyl (C=O) groups excluding carboxylic acids is 2. The number of imide groups is 1. The normalized spacial score (nSPS) is 19.0. The van der Waals surface area contributed by atoms with Gasteiger partial charge in [0, 0.05) is 43.4 Å². The molecule has 2 amide bonds. The van der Waals surface area contributed by atoms with Gasteiger partial charge in [0.25, 0.3) is 11.8 Å². The molecule has 3 heterocycles. The number of aromatic nitrogens is 1. The van der Waals surface area contributed by atoms with Gasteiger partial charge < -0.3 is 19.5 Å². The molecule has 8 heteroatoms. The Morgan fingerprint density at radius 2 is 1.49 bits per heavy atom. The minimum atomic E-state index is -0.591. The fraction of sp³-hybridized carbons (Fsp3) is 0.244. The van der Waals surface area contributed by atoms with Crippen LogP contribution in [0.1, 0.15) is 67.5 Å². The van der Waals surface area contributed by atoms with Gasteiger partial charge in [-0.2, -0.15) is 0 Å². The Hall–Kier alpha value is -4.99. The SMILES string of the molecule is CN(CCc1ccccn1)C[C@H]1C[C@@H](c2ccc(CO)cc2)O[C@@H](c2cccc(-c3cccc(CN4C(=O)c5ccccc5C4=O)c3)c2)O1. The highest BCUT2D eigenvalue weighted by Crippen LogP contribution is 2.39. The van der Waals surface area contributed by atoms with Crippen molar-refractivity contribution in [2.45, 2.75) is 44.5 Å². The third-order valence-corrected chi connectivity index (χ3v) is 9.24. The van der Waals surface area contributed by atoms with E-state index < -0.39 is 6.29 Å². The van der Waals surface area contributed by atoms with Gasteiger partial charge in [-0.3, -0.25) is 19.5 Å². The Morgan fingerprint density at radius 1 is 0.776 bits per heavy atom. The highest BCUT2D eigenvalue weighted by Gasteiger charge is 2.35. The molecular formula is C41H39N3O5. The number of rotatable bonds is 11. The summed E-state index contributed by atoms with van der Waals surface area (Å²) in [7, 11) is 2.11. The third kappa shape index (κ3) is 7.38. The molecule has 1 N–H and O–H groups in total. The third-order valence-electron chi connectivity index (χ3n) is 9.24. The standard InChI is InChI=1S/C41H39N3O5/c1-43(21-19-34-12-4-5-20-42-34)26-35-24-38(30-17-15-28(27-45)16-18-30)49-41(48-35)33-11-7-10-32(23-33)31-9-6-8-29(22-31)25-44-39(46)36-13-2-3-14-37(36)40(44)47/h2-18,20,22-23,35,38,41,45H,19,21,24-27H2,1H3/t35-,38+,41+/m1/s1. The molecule has 2 aliphatic heterocycles. The molecule has 2 aliphatic rings. The lowest BCUT2D eigenvalue weighted by atomic mass is 9.98. The maximum atomic E-state index is 13.0. The van der Waals surface area contributed by atoms with Crippen molar-refractivity contribution in [2.24, 2.45) is 0 Å². The van der Waals surface area contributed by atoms with Crippen molar-refractivity contribution in [3.8, 4) is 11.1 Å². The van der Waals surface area contributed by atoms with Gasteiger partial charge >= 0.3 is 0 Å². The monoisotopic (exact) mass is 653 g/mol. The van der Waals surface area contributed by atoms with Crippen LogP contribution < -0.4 is 0 Å². The van der Waals surface area contributed by atoms with Gasteiger partial charge in [0.05, 0.1) is 36.5 Å². The van der Waals surface area contributed by atoms with Crippen LogP contribution in [0.4, 0.5) is 0 Å². The fourth-order valence-electron chi connectivity index (χ4n) is 6.60. The largest absolute Gasteiger partial charge is 0.392 e. The van der Waals surface area contributed by atoms with Crippen molar-refractivity contribution in [1.82, 2.24) is 14.8 Å². The maximum Gasteiger partial charge on any atom is 0.261 e. The molecule has 3 atom stereocenters. The number of carbonyl (C=O) groups is 2. The van der Waals surface area contributed by atoms with Crippen LogP contribution >= 0.6 is 0 Å². The van der Waals surface area contributed by atoms with Crippen LogP contribution in [-0.4, -0.2) is 57.9 Å². The molecule has 1 aromatic heterocycles. The second-order valence-corrected chi connectivity index (χ2v) is 12.8. The molecule has 7 rings (SSSR count). The van der Waals surface area contributed by atoms with Crippen LogP contribution in [0.5, 0.6) is 0 Å². The predicted octanol–water partition coefficient (Wildman–Crippen LogP) is 6.76. The second-order valence-electron chi connectivity index (χ2n) is 12.8. The molecule has 0 spiro atoms. The molecule has 1 fully saturated rings. The average Bonchev–Trinajstić information content (AvgIpc) is 3.39. The summed E-state index contributed by atoms with van der Waals surface area (Å²) in [5.41, 5.74) is 7.57. The topological polar surface area (TPSA) is 92.2 Å². The molecular weight excluding hydrogens is 614 g/mol. The first-order chi connectivity index (χ1) is 23.9. The van der Waals surface area contributed by atoms with Crippen LogP contribution in [-0.2, 0) is 29.0 Å². The molecule has 5 aromatic rings. The van der Waals surface area contributed by atoms with E-state index in [1.54, 1.807) is 24.3 Å². The van der Waals surface area contributed by atoms with E-state index in [-0.39, 0.29) is 37.2 Å². The Bertz CT molecular complexity index is 1890. The maximum absolute atomic E-state index is 13.0. The van der Waals surface area contributed by atoms with Gasteiger partial charge in [-0.05, 0) is 71.3 Å². The average molecular weight is 654 g/mol. The highest BCUT2D eigenvalue weighted by molar-refractivity contribution is 6.21. The Morgan fingerprint density at radius 3 is 2.20 bits per heavy atom. The summed E-state index contributed by atoms with van der Waals surface area (Å²) in [6.45, 7) is 1.77. The van der Waals surface area contributed by atoms with Crippen molar-refractivity contribution < 1.29 is 24.2 Å². The van der Waals surface area contributed by atoms with Crippen LogP contribution in [0.15, 0.2) is 121 Å². The lowest BCUT2D eigenvalue weighted by Crippen LogP contribution is -2.38. The Balaban J connectivity index is 1.09. The molecule has 49 heavy (non-hydrogen) atoms. The number of pyridine rings is 1. The van der Waals surface area contributed by atoms with Crippen molar-refractivity contribution in [2.75, 3.05) is 20.1 Å². The molecule has 0 saturated carbocycles. The van der Waals surface area contributed by atoms with Crippen LogP contribution in [0, 0.1) is 0 Å². The number of aliphatic hydroxyl groups excluding tert-OH is 1. The van der Waals surface area contributed by atoms with E-state index in [1.165, 1.54) is 4.90 Å². The minimum Gasteiger partial charge on any atom is -0.392 e. The van der Waals surface area contributed by atoms with Gasteiger partial charge in [0.15, 0.2) is 6.29 Å². The van der Waals surface area contributed by atoms with Crippen LogP contribution in [0.3, 0.4) is 0 Å². The number of likely N-dealkylation sites (N-methyl/N-ethyl adjacent to an activating group) is 1. The molecule has 0 bridgehead atoms. The van der Waals surface area contributed by atoms with Gasteiger partial charge in [-0.25, -0.2) is 0 Å². The lowest BCUT2D eigenvalue weighted by Gasteiger charge is -2.38. The summed E-state index contributed by atoms with van der Waals surface area (Å²) in [6, 6.07) is 37.0. The van der Waals surface area contributed by atoms with E-state index in [9.17, 15) is 14.7 Å². The molecule has 0 unspecified atom stereocenters. The van der Waals surface area contributed by atoms with E-state index in [4.69, 9.17) is 9.47 Å². The summed E-state index contributed by atoms with van der Waals surface area (Å²) in [5.74, 6) is -0.533. The van der Waals surface area contributed by atoms with Crippen molar-refractivity contribution >= 4 is 11.8 Å². The smallest absolute Gasteiger partial charge is 0.261 e. The number of nitrogens with zero attached hydrogens (tertiary/aromatic N) is 3. The first-order valence-electron chi connectivity index (χ1n) is 16.7. The first kappa shape index (κ1) is 32.6. The summed E-state index contributed by atoms with van der Waals surface area (Å²) >= 11 is 0. The number of amides is 2. The van der Waals surface area contributed by atoms with E-state index in [2.05, 4.69) is 23.0 Å². The first-order valence-corrected chi connectivity index (χ1v) is 16.7. The van der Waals surface area contributed by atoms with Crippen LogP contribution in [0.25, 0.3) is 11.1 Å². The number of aliphatic hydroxyl groups is 1. The fourth-order valence-corrected chi connectivity index (χ4v) is 6.60. The van der Waals surface area contributed by atoms with Crippen molar-refractivity contribution in [3.05, 3.63) is 161 Å². The van der Waals surface area contributed by atoms with E-state index in [0.29, 0.717) is 17.5 Å². The predicted molar refractivity (Wildman–Crippen MR) is 186 cm³/mol. The number of hydrogen-bond acceptors (Lipinski definition) is 7. The second kappa shape index (κ2) is 14.6. The summed E-state index contributed by atoms with van der Waals surface area (Å²) in [5, 5.41) is 9.58. The molecule has 4 aromatic carbocycles. The molecule has 1 saturated heterocycles. The molecule has 248 valence electrons. The molecule has 8 nitrogen and oxygen atoms in total. The van der Waals surface area contributed by atoms with Gasteiger partial charge in [-0.1, -0.05) is 78.9 Å². The molecule has 0 radical (unpaired) electrons. The van der Waals surface area contributed by atoms with Gasteiger partial charge in [0.2, 0.25) is 0 Å². The highest BCUT2D eigenvalue weighted by atomic mass is 16.7. The number of benzene rings is 4. The van der Waals surface area contributed by atoms with Crippen molar-refractivity contribution in [1.29, 1.82) is 0 Å². The minimum absolute atomic E-state index is 0.00643. The Kier molecular flexibility index (Phi) is 9.72. The van der Waals surface area contributed by atoms with Gasteiger partial charge in [0.1, 0.15) is 0 Å². The van der Waals surface area contributed by atoms with E-state index in [1.807, 2.05) is 91.1 Å². The van der Waals surface area contributed by atoms with Crippen molar-refractivity contribution in [3.63, 3.8) is 0 Å². The van der Waals surface area contributed by atoms with E-state index in [0.717, 1.165) is 58.6 Å². The zero-order valence-corrected chi connectivity index (χ0v) is 27.4. The Labute approximate surface area is 286 Å². The van der Waals surface area contributed by atoms with Crippen LogP contribution in [0.2, 0.25) is 0 Å². The van der Waals surface area contributed by atoms with Gasteiger partial charge in [-0.15, -0.1) is 0 Å². The number of ether oxygens (including phenoxy) is 2. The summed E-state index contributed by atoms with van der Waals surface area (Å²) < 4.78 is 13.3. The summed E-state index contributed by atoms with van der Waals surface area (Å²) in [4.78, 5) is 34.1. The summed E-state index contributed by atoms with van der Waals surface area (Å²) in [6.07, 6.45) is 2.51. The number of hydrogen-bond donors (Lipinski definition) is 1. The zero-order chi connectivity index (χ0) is 33.7. The quantitative estimate of drug-likeness (QED) is 0.158. The molecule has 0 aliphatic carbocycles. The lowest BCUT2D eigenvalue weighted by molar-refractivity contribution is -0.252. The zero-order valence-electron chi connectivity index (χ0n) is 27.4. The number of fused-ring (bicyclic) bond motifs is 1. The van der Waals surface area contributed by atoms with E-state index >= 15 is 0 Å².